The minimum atomic E-state index is -0.644. The average molecular weight is 520 g/mol. The number of carbonyl (C=O) groups excluding carboxylic acids is 2. The molecule has 1 aromatic heterocycles. The van der Waals surface area contributed by atoms with Gasteiger partial charge >= 0.3 is 5.97 Å². The number of hydrogen-bond donors (Lipinski definition) is 1. The first-order valence-electron chi connectivity index (χ1n) is 12.0. The van der Waals surface area contributed by atoms with Crippen LogP contribution in [0.5, 0.6) is 0 Å². The second-order valence-electron chi connectivity index (χ2n) is 10.2. The number of Topliss-reactive ketones (excluding diaryl/α,β-unsaturated/α-hetero) is 1. The smallest absolute Gasteiger partial charge is 0.337 e. The standard InChI is InChI=1S/C30H28ClNO4.H2O/c1-18-26(29(34)35-17-19-7-5-4-6-8-19)28(27-22(32-18)15-30(2,3)16-23(27)33)25-14-13-24(36-25)20-9-11-21(31)12-10-20;/h4-14,28,32H,15-17H2,1-3H3;1H2. The Morgan fingerprint density at radius 1 is 1.05 bits per heavy atom. The van der Waals surface area contributed by atoms with E-state index in [0.717, 1.165) is 16.8 Å². The number of dihydropyridines is 1. The van der Waals surface area contributed by atoms with Crippen molar-refractivity contribution in [1.82, 2.24) is 5.32 Å². The monoisotopic (exact) mass is 519 g/mol. The molecule has 2 aromatic carbocycles. The van der Waals surface area contributed by atoms with Gasteiger partial charge in [-0.3, -0.25) is 4.79 Å². The fourth-order valence-electron chi connectivity index (χ4n) is 5.07. The molecule has 3 aromatic rings. The number of nitrogens with one attached hydrogen (secondary N) is 1. The molecule has 1 aliphatic carbocycles. The molecule has 0 radical (unpaired) electrons. The molecule has 6 nitrogen and oxygen atoms in total. The molecule has 3 N–H and O–H groups in total. The first-order chi connectivity index (χ1) is 17.2. The van der Waals surface area contributed by atoms with Crippen molar-refractivity contribution < 1.29 is 24.2 Å². The molecule has 192 valence electrons. The molecule has 0 fully saturated rings. The predicted octanol–water partition coefficient (Wildman–Crippen LogP) is 6.12. The summed E-state index contributed by atoms with van der Waals surface area (Å²) in [7, 11) is 0. The van der Waals surface area contributed by atoms with Crippen LogP contribution in [0.1, 0.15) is 50.9 Å². The Balaban J connectivity index is 0.00000320. The molecule has 7 heteroatoms. The molecular weight excluding hydrogens is 490 g/mol. The lowest BCUT2D eigenvalue weighted by atomic mass is 9.69. The van der Waals surface area contributed by atoms with Gasteiger partial charge in [0.25, 0.3) is 0 Å². The summed E-state index contributed by atoms with van der Waals surface area (Å²) < 4.78 is 12.0. The topological polar surface area (TPSA) is 100 Å². The van der Waals surface area contributed by atoms with Crippen molar-refractivity contribution >= 4 is 23.4 Å². The van der Waals surface area contributed by atoms with Gasteiger partial charge in [0.2, 0.25) is 0 Å². The van der Waals surface area contributed by atoms with E-state index >= 15 is 0 Å². The number of halogens is 1. The zero-order valence-corrected chi connectivity index (χ0v) is 21.8. The molecule has 1 unspecified atom stereocenters. The molecule has 1 aliphatic heterocycles. The number of allylic oxidation sites excluding steroid dienone is 3. The Labute approximate surface area is 221 Å². The number of hydrogen-bond acceptors (Lipinski definition) is 5. The number of ether oxygens (including phenoxy) is 1. The quantitative estimate of drug-likeness (QED) is 0.409. The Kier molecular flexibility index (Phi) is 7.44. The SMILES string of the molecule is CC1=C(C(=O)OCc2ccccc2)C(c2ccc(-c3ccc(Cl)cc3)o2)C2=C(CC(C)(C)CC2=O)N1.O. The third-order valence-corrected chi connectivity index (χ3v) is 6.96. The molecule has 5 rings (SSSR count). The summed E-state index contributed by atoms with van der Waals surface area (Å²) in [5.41, 5.74) is 4.09. The second kappa shape index (κ2) is 10.4. The summed E-state index contributed by atoms with van der Waals surface area (Å²) in [5, 5.41) is 3.99. The zero-order valence-electron chi connectivity index (χ0n) is 21.1. The largest absolute Gasteiger partial charge is 0.460 e. The van der Waals surface area contributed by atoms with Gasteiger partial charge in [0, 0.05) is 34.0 Å². The highest BCUT2D eigenvalue weighted by Gasteiger charge is 2.44. The van der Waals surface area contributed by atoms with E-state index in [4.69, 9.17) is 20.8 Å². The lowest BCUT2D eigenvalue weighted by Gasteiger charge is -2.38. The molecule has 0 spiro atoms. The number of carbonyl (C=O) groups is 2. The van der Waals surface area contributed by atoms with Crippen LogP contribution in [0.2, 0.25) is 5.02 Å². The Morgan fingerprint density at radius 3 is 2.46 bits per heavy atom. The highest BCUT2D eigenvalue weighted by molar-refractivity contribution is 6.30. The molecule has 37 heavy (non-hydrogen) atoms. The lowest BCUT2D eigenvalue weighted by molar-refractivity contribution is -0.140. The minimum Gasteiger partial charge on any atom is -0.460 e. The first-order valence-corrected chi connectivity index (χ1v) is 12.4. The van der Waals surface area contributed by atoms with Gasteiger partial charge in [0.15, 0.2) is 5.78 Å². The highest BCUT2D eigenvalue weighted by atomic mass is 35.5. The molecule has 0 amide bonds. The summed E-state index contributed by atoms with van der Waals surface area (Å²) >= 11 is 6.05. The van der Waals surface area contributed by atoms with Crippen LogP contribution in [0, 0.1) is 5.41 Å². The number of benzene rings is 2. The van der Waals surface area contributed by atoms with Gasteiger partial charge in [-0.1, -0.05) is 55.8 Å². The van der Waals surface area contributed by atoms with E-state index in [0.29, 0.717) is 46.2 Å². The van der Waals surface area contributed by atoms with E-state index in [1.807, 2.05) is 61.5 Å². The Bertz CT molecular complexity index is 1380. The van der Waals surface area contributed by atoms with Crippen LogP contribution in [0.3, 0.4) is 0 Å². The van der Waals surface area contributed by atoms with E-state index in [-0.39, 0.29) is 23.3 Å². The number of rotatable bonds is 5. The first kappa shape index (κ1) is 26.5. The van der Waals surface area contributed by atoms with Crippen molar-refractivity contribution in [2.24, 2.45) is 5.41 Å². The van der Waals surface area contributed by atoms with Crippen molar-refractivity contribution in [2.75, 3.05) is 0 Å². The molecule has 0 saturated heterocycles. The summed E-state index contributed by atoms with van der Waals surface area (Å²) in [5.74, 6) is 0.0781. The second-order valence-corrected chi connectivity index (χ2v) is 10.6. The van der Waals surface area contributed by atoms with Crippen LogP contribution in [0.4, 0.5) is 0 Å². The molecule has 2 aliphatic rings. The summed E-state index contributed by atoms with van der Waals surface area (Å²) in [6.45, 7) is 6.16. The van der Waals surface area contributed by atoms with E-state index in [2.05, 4.69) is 19.2 Å². The molecule has 0 saturated carbocycles. The van der Waals surface area contributed by atoms with Gasteiger partial charge in [-0.2, -0.15) is 0 Å². The van der Waals surface area contributed by atoms with Crippen molar-refractivity contribution in [3.05, 3.63) is 106 Å². The van der Waals surface area contributed by atoms with Crippen molar-refractivity contribution in [3.63, 3.8) is 0 Å². The van der Waals surface area contributed by atoms with E-state index in [9.17, 15) is 9.59 Å². The van der Waals surface area contributed by atoms with Crippen molar-refractivity contribution in [1.29, 1.82) is 0 Å². The maximum Gasteiger partial charge on any atom is 0.337 e. The lowest BCUT2D eigenvalue weighted by Crippen LogP contribution is -2.38. The van der Waals surface area contributed by atoms with Crippen molar-refractivity contribution in [3.8, 4) is 11.3 Å². The summed E-state index contributed by atoms with van der Waals surface area (Å²) in [6, 6.07) is 20.6. The maximum atomic E-state index is 13.5. The van der Waals surface area contributed by atoms with Crippen molar-refractivity contribution in [2.45, 2.75) is 46.1 Å². The molecule has 1 atom stereocenters. The number of ketones is 1. The fraction of sp³-hybridized carbons (Fsp3) is 0.267. The summed E-state index contributed by atoms with van der Waals surface area (Å²) in [6.07, 6.45) is 1.11. The fourth-order valence-corrected chi connectivity index (χ4v) is 5.20. The third-order valence-electron chi connectivity index (χ3n) is 6.71. The Hall–Kier alpha value is -3.61. The normalized spacial score (nSPS) is 18.6. The predicted molar refractivity (Wildman–Crippen MR) is 143 cm³/mol. The maximum absolute atomic E-state index is 13.5. The van der Waals surface area contributed by atoms with Crippen LogP contribution >= 0.6 is 11.6 Å². The van der Waals surface area contributed by atoms with E-state index in [1.54, 1.807) is 12.1 Å². The third kappa shape index (κ3) is 5.41. The number of esters is 1. The van der Waals surface area contributed by atoms with Gasteiger partial charge in [0.1, 0.15) is 18.1 Å². The highest BCUT2D eigenvalue weighted by Crippen LogP contribution is 2.47. The average Bonchev–Trinajstić information content (AvgIpc) is 3.32. The molecular formula is C30H30ClNO5. The van der Waals surface area contributed by atoms with Gasteiger partial charge in [-0.15, -0.1) is 0 Å². The zero-order chi connectivity index (χ0) is 25.4. The van der Waals surface area contributed by atoms with Gasteiger partial charge in [0.05, 0.1) is 11.5 Å². The Morgan fingerprint density at radius 2 is 1.76 bits per heavy atom. The van der Waals surface area contributed by atoms with E-state index < -0.39 is 11.9 Å². The van der Waals surface area contributed by atoms with Gasteiger partial charge < -0.3 is 19.9 Å². The van der Waals surface area contributed by atoms with Gasteiger partial charge in [-0.25, -0.2) is 4.79 Å². The van der Waals surface area contributed by atoms with Crippen LogP contribution in [-0.4, -0.2) is 17.2 Å². The van der Waals surface area contributed by atoms with Crippen LogP contribution in [0.25, 0.3) is 11.3 Å². The number of furan rings is 1. The molecule has 2 heterocycles. The van der Waals surface area contributed by atoms with Crippen LogP contribution < -0.4 is 5.32 Å². The van der Waals surface area contributed by atoms with Crippen LogP contribution in [0.15, 0.2) is 93.7 Å². The minimum absolute atomic E-state index is 0. The van der Waals surface area contributed by atoms with E-state index in [1.165, 1.54) is 0 Å². The summed E-state index contributed by atoms with van der Waals surface area (Å²) in [4.78, 5) is 26.9. The van der Waals surface area contributed by atoms with Crippen LogP contribution in [-0.2, 0) is 20.9 Å². The molecule has 0 bridgehead atoms. The van der Waals surface area contributed by atoms with Gasteiger partial charge in [-0.05, 0) is 60.7 Å².